The molecule has 190 valence electrons. The predicted molar refractivity (Wildman–Crippen MR) is 137 cm³/mol. The SMILES string of the molecule is CC(C)N1CCC(N(c2cnn(C)c2)S(=O)(=O)[N-]C(=O)Nc2c3c(cc4c2CCC4)CCC3)CC1.[Na+]. The van der Waals surface area contributed by atoms with Crippen LogP contribution in [0.2, 0.25) is 0 Å². The van der Waals surface area contributed by atoms with E-state index in [1.807, 2.05) is 0 Å². The van der Waals surface area contributed by atoms with Gasteiger partial charge in [-0.15, -0.1) is 0 Å². The van der Waals surface area contributed by atoms with Gasteiger partial charge in [0.05, 0.1) is 11.9 Å². The zero-order valence-corrected chi connectivity index (χ0v) is 24.6. The predicted octanol–water partition coefficient (Wildman–Crippen LogP) is 0.931. The Labute approximate surface area is 236 Å². The van der Waals surface area contributed by atoms with Crippen LogP contribution in [0, 0.1) is 0 Å². The topological polar surface area (TPSA) is 102 Å². The van der Waals surface area contributed by atoms with Gasteiger partial charge in [-0.25, -0.2) is 8.42 Å². The van der Waals surface area contributed by atoms with Crippen LogP contribution in [0.5, 0.6) is 0 Å². The number of nitrogens with zero attached hydrogens (tertiary/aromatic N) is 5. The minimum absolute atomic E-state index is 0. The fraction of sp³-hybridized carbons (Fsp3) is 0.600. The molecule has 1 N–H and O–H groups in total. The molecule has 2 amide bonds. The van der Waals surface area contributed by atoms with E-state index in [2.05, 4.69) is 40.0 Å². The molecule has 0 unspecified atom stereocenters. The third-order valence-electron chi connectivity index (χ3n) is 7.66. The molecule has 0 atom stereocenters. The molecule has 0 spiro atoms. The first-order chi connectivity index (χ1) is 16.7. The van der Waals surface area contributed by atoms with Crippen molar-refractivity contribution in [1.29, 1.82) is 0 Å². The van der Waals surface area contributed by atoms with Crippen molar-refractivity contribution in [2.45, 2.75) is 77.3 Å². The average Bonchev–Trinajstić information content (AvgIpc) is 3.54. The van der Waals surface area contributed by atoms with Crippen molar-refractivity contribution in [3.63, 3.8) is 0 Å². The molecule has 2 heterocycles. The fourth-order valence-electron chi connectivity index (χ4n) is 5.94. The zero-order valence-electron chi connectivity index (χ0n) is 21.8. The van der Waals surface area contributed by atoms with E-state index in [0.29, 0.717) is 24.6 Å². The third kappa shape index (κ3) is 5.48. The van der Waals surface area contributed by atoms with Gasteiger partial charge in [0.25, 0.3) is 10.2 Å². The number of fused-ring (bicyclic) bond motifs is 2. The Balaban J connectivity index is 0.00000304. The van der Waals surface area contributed by atoms with Gasteiger partial charge in [0, 0.05) is 38.4 Å². The van der Waals surface area contributed by atoms with Crippen molar-refractivity contribution in [1.82, 2.24) is 14.7 Å². The molecule has 1 saturated heterocycles. The quantitative estimate of drug-likeness (QED) is 0.569. The van der Waals surface area contributed by atoms with Crippen LogP contribution in [0.4, 0.5) is 16.2 Å². The number of amides is 2. The molecular formula is C25H35N6NaO3S. The third-order valence-corrected chi connectivity index (χ3v) is 9.06. The first-order valence-corrected chi connectivity index (χ1v) is 14.1. The number of hydrogen-bond donors (Lipinski definition) is 1. The van der Waals surface area contributed by atoms with Gasteiger partial charge in [0.1, 0.15) is 0 Å². The maximum Gasteiger partial charge on any atom is 1.00 e. The number of piperidine rings is 1. The Morgan fingerprint density at radius 1 is 1.11 bits per heavy atom. The molecular weight excluding hydrogens is 487 g/mol. The van der Waals surface area contributed by atoms with Crippen LogP contribution < -0.4 is 39.2 Å². The van der Waals surface area contributed by atoms with Gasteiger partial charge in [-0.2, -0.15) is 5.10 Å². The summed E-state index contributed by atoms with van der Waals surface area (Å²) in [5.74, 6) is 0. The van der Waals surface area contributed by atoms with E-state index in [4.69, 9.17) is 0 Å². The van der Waals surface area contributed by atoms with Crippen LogP contribution in [-0.2, 0) is 42.9 Å². The van der Waals surface area contributed by atoms with Crippen LogP contribution in [0.15, 0.2) is 18.5 Å². The van der Waals surface area contributed by atoms with E-state index in [1.54, 1.807) is 17.9 Å². The molecule has 3 aliphatic rings. The molecule has 5 rings (SSSR count). The maximum atomic E-state index is 13.6. The van der Waals surface area contributed by atoms with Crippen molar-refractivity contribution < 1.29 is 42.8 Å². The number of hydrogen-bond acceptors (Lipinski definition) is 5. The Hall–Kier alpha value is -1.59. The summed E-state index contributed by atoms with van der Waals surface area (Å²) >= 11 is 0. The van der Waals surface area contributed by atoms with E-state index >= 15 is 0 Å². The maximum absolute atomic E-state index is 13.6. The first kappa shape index (κ1) is 27.4. The average molecular weight is 523 g/mol. The monoisotopic (exact) mass is 522 g/mol. The molecule has 36 heavy (non-hydrogen) atoms. The first-order valence-electron chi connectivity index (χ1n) is 12.7. The molecule has 9 nitrogen and oxygen atoms in total. The molecule has 0 bridgehead atoms. The standard InChI is InChI=1S/C25H36N6O3S.Na/c1-17(2)30-12-10-20(11-13-30)31(21-15-26-29(3)16-21)35(33,34)28-25(32)27-24-22-8-4-6-18(22)14-19-7-5-9-23(19)24;/h14-17,20H,4-13H2,1-3H3,(H2,27,28,32);/q;+1/p-1. The van der Waals surface area contributed by atoms with Crippen molar-refractivity contribution in [2.75, 3.05) is 22.7 Å². The van der Waals surface area contributed by atoms with Gasteiger partial charge in [0.2, 0.25) is 0 Å². The van der Waals surface area contributed by atoms with E-state index in [-0.39, 0.29) is 35.6 Å². The molecule has 1 aliphatic heterocycles. The number of rotatable bonds is 6. The van der Waals surface area contributed by atoms with E-state index < -0.39 is 16.2 Å². The second-order valence-corrected chi connectivity index (χ2v) is 11.7. The summed E-state index contributed by atoms with van der Waals surface area (Å²) < 4.78 is 33.8. The van der Waals surface area contributed by atoms with Crippen LogP contribution in [-0.4, -0.2) is 54.3 Å². The van der Waals surface area contributed by atoms with Crippen LogP contribution in [0.3, 0.4) is 0 Å². The summed E-state index contributed by atoms with van der Waals surface area (Å²) in [4.78, 5) is 15.4. The van der Waals surface area contributed by atoms with E-state index in [9.17, 15) is 13.2 Å². The van der Waals surface area contributed by atoms with Crippen LogP contribution >= 0.6 is 0 Å². The number of aryl methyl sites for hydroxylation is 3. The second kappa shape index (κ2) is 11.0. The molecule has 11 heteroatoms. The number of urea groups is 1. The van der Waals surface area contributed by atoms with E-state index in [0.717, 1.165) is 68.4 Å². The molecule has 0 saturated carbocycles. The summed E-state index contributed by atoms with van der Waals surface area (Å²) in [6.07, 6.45) is 10.5. The number of carbonyl (C=O) groups is 1. The number of anilines is 2. The summed E-state index contributed by atoms with van der Waals surface area (Å²) in [5.41, 5.74) is 6.09. The van der Waals surface area contributed by atoms with Crippen molar-refractivity contribution in [2.24, 2.45) is 7.05 Å². The number of likely N-dealkylation sites (tertiary alicyclic amines) is 1. The van der Waals surface area contributed by atoms with Crippen molar-refractivity contribution in [3.05, 3.63) is 45.4 Å². The van der Waals surface area contributed by atoms with Gasteiger partial charge >= 0.3 is 29.6 Å². The van der Waals surface area contributed by atoms with Gasteiger partial charge in [-0.1, -0.05) is 6.07 Å². The number of benzene rings is 1. The summed E-state index contributed by atoms with van der Waals surface area (Å²) in [6.45, 7) is 5.88. The number of nitrogens with one attached hydrogen (secondary N) is 1. The zero-order chi connectivity index (χ0) is 24.7. The smallest absolute Gasteiger partial charge is 0.423 e. The Kier molecular flexibility index (Phi) is 8.41. The second-order valence-electron chi connectivity index (χ2n) is 10.3. The molecule has 1 fully saturated rings. The number of carbonyl (C=O) groups excluding carboxylic acids is 1. The Morgan fingerprint density at radius 3 is 2.25 bits per heavy atom. The van der Waals surface area contributed by atoms with Gasteiger partial charge in [-0.05, 0) is 93.2 Å². The number of aromatic nitrogens is 2. The van der Waals surface area contributed by atoms with E-state index in [1.165, 1.54) is 21.6 Å². The minimum atomic E-state index is -4.27. The molecule has 1 aromatic carbocycles. The summed E-state index contributed by atoms with van der Waals surface area (Å²) in [7, 11) is -2.53. The molecule has 1 aromatic heterocycles. The van der Waals surface area contributed by atoms with Gasteiger partial charge in [0.15, 0.2) is 6.03 Å². The van der Waals surface area contributed by atoms with Gasteiger partial charge in [-0.3, -0.25) is 13.8 Å². The Morgan fingerprint density at radius 2 is 1.72 bits per heavy atom. The van der Waals surface area contributed by atoms with Crippen molar-refractivity contribution in [3.8, 4) is 0 Å². The Bertz CT molecular complexity index is 1190. The minimum Gasteiger partial charge on any atom is -0.423 e. The fourth-order valence-corrected chi connectivity index (χ4v) is 7.23. The molecule has 0 radical (unpaired) electrons. The van der Waals surface area contributed by atoms with Crippen LogP contribution in [0.1, 0.15) is 61.8 Å². The largest absolute Gasteiger partial charge is 1.00 e. The van der Waals surface area contributed by atoms with Gasteiger partial charge < -0.3 is 14.9 Å². The molecule has 2 aliphatic carbocycles. The normalized spacial score (nSPS) is 18.0. The summed E-state index contributed by atoms with van der Waals surface area (Å²) in [6, 6.07) is 1.58. The van der Waals surface area contributed by atoms with Crippen molar-refractivity contribution >= 4 is 27.6 Å². The van der Waals surface area contributed by atoms with Crippen LogP contribution in [0.25, 0.3) is 4.72 Å². The molecule has 2 aromatic rings. The summed E-state index contributed by atoms with van der Waals surface area (Å²) in [5, 5.41) is 7.07.